The van der Waals surface area contributed by atoms with Gasteiger partial charge in [-0.1, -0.05) is 0 Å². The number of hydrogen-bond donors (Lipinski definition) is 0. The first-order chi connectivity index (χ1) is 10.8. The van der Waals surface area contributed by atoms with Crippen LogP contribution in [0.25, 0.3) is 10.9 Å². The zero-order valence-electron chi connectivity index (χ0n) is 12.3. The maximum absolute atomic E-state index is 6.03. The summed E-state index contributed by atoms with van der Waals surface area (Å²) in [7, 11) is 0. The zero-order valence-corrected chi connectivity index (χ0v) is 13.9. The van der Waals surface area contributed by atoms with Crippen LogP contribution in [-0.4, -0.2) is 42.3 Å². The lowest BCUT2D eigenvalue weighted by molar-refractivity contribution is 0.0664. The second kappa shape index (κ2) is 6.18. The molecular formula is C16H19BrN2O3. The molecule has 0 radical (unpaired) electrons. The largest absolute Gasteiger partial charge is 0.487 e. The molecule has 118 valence electrons. The van der Waals surface area contributed by atoms with E-state index in [1.54, 1.807) is 0 Å². The first-order valence-corrected chi connectivity index (χ1v) is 8.59. The molecule has 0 spiro atoms. The average Bonchev–Trinajstić information content (AvgIpc) is 3.18. The summed E-state index contributed by atoms with van der Waals surface area (Å²) in [6.07, 6.45) is 5.27. The highest BCUT2D eigenvalue weighted by molar-refractivity contribution is 9.10. The Hall–Kier alpha value is -1.11. The summed E-state index contributed by atoms with van der Waals surface area (Å²) in [6, 6.07) is 4.55. The number of ether oxygens (including phenoxy) is 3. The van der Waals surface area contributed by atoms with Crippen LogP contribution in [0, 0.1) is 0 Å². The molecule has 1 unspecified atom stereocenters. The van der Waals surface area contributed by atoms with Gasteiger partial charge in [0.05, 0.1) is 29.2 Å². The third kappa shape index (κ3) is 2.87. The van der Waals surface area contributed by atoms with Gasteiger partial charge in [0.15, 0.2) is 0 Å². The van der Waals surface area contributed by atoms with E-state index < -0.39 is 0 Å². The monoisotopic (exact) mass is 366 g/mol. The van der Waals surface area contributed by atoms with Crippen molar-refractivity contribution >= 4 is 26.8 Å². The molecule has 1 atom stereocenters. The fourth-order valence-electron chi connectivity index (χ4n) is 3.06. The standard InChI is InChI=1S/C16H19BrN2O3/c17-14-7-11-9-19(12-1-4-20-5-2-12)18-15(11)8-16(14)22-13-3-6-21-10-13/h7-9,12-13H,1-6,10H2. The lowest BCUT2D eigenvalue weighted by Crippen LogP contribution is -2.19. The van der Waals surface area contributed by atoms with E-state index >= 15 is 0 Å². The predicted molar refractivity (Wildman–Crippen MR) is 86.4 cm³/mol. The minimum atomic E-state index is 0.145. The van der Waals surface area contributed by atoms with E-state index in [0.717, 1.165) is 60.2 Å². The Morgan fingerprint density at radius 2 is 1.95 bits per heavy atom. The molecule has 0 bridgehead atoms. The van der Waals surface area contributed by atoms with Gasteiger partial charge in [0.1, 0.15) is 11.9 Å². The normalized spacial score (nSPS) is 23.2. The molecule has 2 aliphatic rings. The van der Waals surface area contributed by atoms with E-state index in [9.17, 15) is 0 Å². The van der Waals surface area contributed by atoms with Gasteiger partial charge in [-0.25, -0.2) is 0 Å². The second-order valence-electron chi connectivity index (χ2n) is 5.90. The van der Waals surface area contributed by atoms with Crippen molar-refractivity contribution in [2.45, 2.75) is 31.4 Å². The smallest absolute Gasteiger partial charge is 0.136 e. The van der Waals surface area contributed by atoms with Crippen molar-refractivity contribution in [3.8, 4) is 5.75 Å². The van der Waals surface area contributed by atoms with Crippen LogP contribution in [0.5, 0.6) is 5.75 Å². The SMILES string of the molecule is Brc1cc2cn(C3CCOCC3)nc2cc1OC1CCOC1. The summed E-state index contributed by atoms with van der Waals surface area (Å²) < 4.78 is 19.9. The Balaban J connectivity index is 1.61. The highest BCUT2D eigenvalue weighted by Crippen LogP contribution is 2.32. The molecule has 2 fully saturated rings. The van der Waals surface area contributed by atoms with Gasteiger partial charge in [-0.2, -0.15) is 5.10 Å². The van der Waals surface area contributed by atoms with Crippen molar-refractivity contribution in [2.75, 3.05) is 26.4 Å². The van der Waals surface area contributed by atoms with Crippen LogP contribution in [0.2, 0.25) is 0 Å². The van der Waals surface area contributed by atoms with Crippen molar-refractivity contribution in [3.63, 3.8) is 0 Å². The highest BCUT2D eigenvalue weighted by Gasteiger charge is 2.20. The Labute approximate surface area is 137 Å². The molecule has 2 aromatic rings. The number of halogens is 1. The molecule has 3 heterocycles. The summed E-state index contributed by atoms with van der Waals surface area (Å²) in [5.74, 6) is 0.847. The molecular weight excluding hydrogens is 348 g/mol. The Kier molecular flexibility index (Phi) is 4.07. The van der Waals surface area contributed by atoms with Crippen LogP contribution in [0.4, 0.5) is 0 Å². The van der Waals surface area contributed by atoms with Gasteiger partial charge in [0, 0.05) is 37.3 Å². The fourth-order valence-corrected chi connectivity index (χ4v) is 3.51. The molecule has 0 saturated carbocycles. The highest BCUT2D eigenvalue weighted by atomic mass is 79.9. The average molecular weight is 367 g/mol. The Morgan fingerprint density at radius 3 is 2.73 bits per heavy atom. The van der Waals surface area contributed by atoms with Gasteiger partial charge in [-0.05, 0) is 34.8 Å². The second-order valence-corrected chi connectivity index (χ2v) is 6.75. The number of aromatic nitrogens is 2. The van der Waals surface area contributed by atoms with E-state index in [1.165, 1.54) is 0 Å². The number of benzene rings is 1. The molecule has 1 aromatic carbocycles. The van der Waals surface area contributed by atoms with Crippen LogP contribution in [0.3, 0.4) is 0 Å². The minimum Gasteiger partial charge on any atom is -0.487 e. The van der Waals surface area contributed by atoms with Crippen molar-refractivity contribution in [2.24, 2.45) is 0 Å². The third-order valence-electron chi connectivity index (χ3n) is 4.32. The van der Waals surface area contributed by atoms with Crippen LogP contribution in [0.15, 0.2) is 22.8 Å². The minimum absolute atomic E-state index is 0.145. The van der Waals surface area contributed by atoms with Crippen LogP contribution in [-0.2, 0) is 9.47 Å². The van der Waals surface area contributed by atoms with Gasteiger partial charge < -0.3 is 14.2 Å². The quantitative estimate of drug-likeness (QED) is 0.835. The van der Waals surface area contributed by atoms with Gasteiger partial charge in [0.2, 0.25) is 0 Å². The molecule has 0 N–H and O–H groups in total. The molecule has 6 heteroatoms. The molecule has 2 aliphatic heterocycles. The van der Waals surface area contributed by atoms with Gasteiger partial charge in [-0.15, -0.1) is 0 Å². The lowest BCUT2D eigenvalue weighted by Gasteiger charge is -2.22. The van der Waals surface area contributed by atoms with Gasteiger partial charge in [0.25, 0.3) is 0 Å². The molecule has 4 rings (SSSR count). The van der Waals surface area contributed by atoms with E-state index in [2.05, 4.69) is 32.9 Å². The summed E-state index contributed by atoms with van der Waals surface area (Å²) in [5.41, 5.74) is 0.976. The summed E-state index contributed by atoms with van der Waals surface area (Å²) in [4.78, 5) is 0. The topological polar surface area (TPSA) is 45.5 Å². The van der Waals surface area contributed by atoms with Gasteiger partial charge >= 0.3 is 0 Å². The van der Waals surface area contributed by atoms with Crippen molar-refractivity contribution in [1.29, 1.82) is 0 Å². The maximum atomic E-state index is 6.03. The fraction of sp³-hybridized carbons (Fsp3) is 0.562. The van der Waals surface area contributed by atoms with E-state index in [-0.39, 0.29) is 6.10 Å². The predicted octanol–water partition coefficient (Wildman–Crippen LogP) is 3.32. The first-order valence-electron chi connectivity index (χ1n) is 7.80. The van der Waals surface area contributed by atoms with Crippen LogP contribution >= 0.6 is 15.9 Å². The van der Waals surface area contributed by atoms with E-state index in [0.29, 0.717) is 12.6 Å². The molecule has 0 aliphatic carbocycles. The molecule has 0 amide bonds. The number of rotatable bonds is 3. The Morgan fingerprint density at radius 1 is 1.14 bits per heavy atom. The summed E-state index contributed by atoms with van der Waals surface area (Å²) >= 11 is 3.61. The number of hydrogen-bond acceptors (Lipinski definition) is 4. The first kappa shape index (κ1) is 14.5. The summed E-state index contributed by atoms with van der Waals surface area (Å²) in [6.45, 7) is 3.09. The zero-order chi connectivity index (χ0) is 14.9. The maximum Gasteiger partial charge on any atom is 0.136 e. The van der Waals surface area contributed by atoms with Crippen molar-refractivity contribution < 1.29 is 14.2 Å². The van der Waals surface area contributed by atoms with Gasteiger partial charge in [-0.3, -0.25) is 4.68 Å². The van der Waals surface area contributed by atoms with Crippen molar-refractivity contribution in [3.05, 3.63) is 22.8 Å². The molecule has 2 saturated heterocycles. The van der Waals surface area contributed by atoms with Crippen LogP contribution < -0.4 is 4.74 Å². The summed E-state index contributed by atoms with van der Waals surface area (Å²) in [5, 5.41) is 5.87. The van der Waals surface area contributed by atoms with E-state index in [1.807, 2.05) is 6.07 Å². The molecule has 1 aromatic heterocycles. The van der Waals surface area contributed by atoms with Crippen LogP contribution in [0.1, 0.15) is 25.3 Å². The Bertz CT molecular complexity index is 661. The van der Waals surface area contributed by atoms with Crippen molar-refractivity contribution in [1.82, 2.24) is 9.78 Å². The van der Waals surface area contributed by atoms with E-state index in [4.69, 9.17) is 19.3 Å². The number of fused-ring (bicyclic) bond motifs is 1. The lowest BCUT2D eigenvalue weighted by atomic mass is 10.1. The molecule has 5 nitrogen and oxygen atoms in total. The number of nitrogens with zero attached hydrogens (tertiary/aromatic N) is 2. The molecule has 22 heavy (non-hydrogen) atoms. The third-order valence-corrected chi connectivity index (χ3v) is 4.94.